The Bertz CT molecular complexity index is 1170. The van der Waals surface area contributed by atoms with Crippen molar-refractivity contribution in [3.8, 4) is 0 Å². The molecule has 1 aromatic carbocycles. The molecule has 12 heteroatoms. The first-order valence-corrected chi connectivity index (χ1v) is 12.8. The number of morpholine rings is 1. The number of hydrogen-bond acceptors (Lipinski definition) is 10. The van der Waals surface area contributed by atoms with Crippen LogP contribution >= 0.6 is 22.9 Å². The molecule has 0 saturated carbocycles. The first-order chi connectivity index (χ1) is 14.3. The van der Waals surface area contributed by atoms with E-state index in [2.05, 4.69) is 19.5 Å². The van der Waals surface area contributed by atoms with Crippen LogP contribution in [0.25, 0.3) is 10.2 Å². The molecule has 2 aromatic heterocycles. The van der Waals surface area contributed by atoms with Crippen LogP contribution in [0.1, 0.15) is 15.4 Å². The second-order valence-electron chi connectivity index (χ2n) is 6.97. The summed E-state index contributed by atoms with van der Waals surface area (Å²) in [5.41, 5.74) is 0.961. The predicted molar refractivity (Wildman–Crippen MR) is 116 cm³/mol. The Morgan fingerprint density at radius 3 is 2.73 bits per heavy atom. The average Bonchev–Trinajstić information content (AvgIpc) is 3.33. The van der Waals surface area contributed by atoms with Gasteiger partial charge in [0.05, 0.1) is 28.5 Å². The third-order valence-corrected chi connectivity index (χ3v) is 7.82. The summed E-state index contributed by atoms with van der Waals surface area (Å²) in [6.45, 7) is 5.79. The summed E-state index contributed by atoms with van der Waals surface area (Å²) < 4.78 is 34.3. The third kappa shape index (κ3) is 4.37. The Balaban J connectivity index is 1.71. The Morgan fingerprint density at radius 1 is 1.30 bits per heavy atom. The summed E-state index contributed by atoms with van der Waals surface area (Å²) in [5.74, 6) is -0.226. The highest BCUT2D eigenvalue weighted by Crippen LogP contribution is 2.33. The standard InChI is InChI=1S/C18H21N5O4S3/c1-12-16(29-21-20-12)17(24)23(7-6-22-8-10-27-11-9-22)18-19-15-13(28-18)4-3-5-14(15)30(2,25)26/h3-5H,6-11H2,1-2H3. The highest BCUT2D eigenvalue weighted by Gasteiger charge is 2.27. The topological polar surface area (TPSA) is 106 Å². The van der Waals surface area contributed by atoms with Gasteiger partial charge in [-0.3, -0.25) is 14.6 Å². The fourth-order valence-electron chi connectivity index (χ4n) is 3.23. The minimum Gasteiger partial charge on any atom is -0.379 e. The van der Waals surface area contributed by atoms with E-state index >= 15 is 0 Å². The maximum absolute atomic E-state index is 13.3. The lowest BCUT2D eigenvalue weighted by Crippen LogP contribution is -2.43. The molecule has 4 rings (SSSR count). The smallest absolute Gasteiger partial charge is 0.273 e. The van der Waals surface area contributed by atoms with Crippen molar-refractivity contribution in [1.29, 1.82) is 0 Å². The number of amides is 1. The molecule has 1 fully saturated rings. The zero-order valence-corrected chi connectivity index (χ0v) is 19.0. The third-order valence-electron chi connectivity index (χ3n) is 4.84. The lowest BCUT2D eigenvalue weighted by molar-refractivity contribution is 0.0391. The van der Waals surface area contributed by atoms with Gasteiger partial charge in [0, 0.05) is 32.4 Å². The van der Waals surface area contributed by atoms with E-state index in [1.165, 1.54) is 17.4 Å². The van der Waals surface area contributed by atoms with E-state index < -0.39 is 9.84 Å². The van der Waals surface area contributed by atoms with Crippen LogP contribution in [-0.2, 0) is 14.6 Å². The van der Waals surface area contributed by atoms with Crippen molar-refractivity contribution in [2.45, 2.75) is 11.8 Å². The first-order valence-electron chi connectivity index (χ1n) is 9.35. The summed E-state index contributed by atoms with van der Waals surface area (Å²) in [7, 11) is -3.44. The zero-order valence-electron chi connectivity index (χ0n) is 16.6. The number of nitrogens with zero attached hydrogens (tertiary/aromatic N) is 5. The van der Waals surface area contributed by atoms with E-state index in [1.807, 2.05) is 6.07 Å². The monoisotopic (exact) mass is 467 g/mol. The molecule has 0 aliphatic carbocycles. The van der Waals surface area contributed by atoms with Crippen LogP contribution < -0.4 is 4.90 Å². The molecule has 1 aliphatic heterocycles. The molecule has 1 saturated heterocycles. The summed E-state index contributed by atoms with van der Waals surface area (Å²) in [6, 6.07) is 5.05. The van der Waals surface area contributed by atoms with Crippen LogP contribution in [0, 0.1) is 6.92 Å². The van der Waals surface area contributed by atoms with Gasteiger partial charge in [-0.1, -0.05) is 21.9 Å². The summed E-state index contributed by atoms with van der Waals surface area (Å²) in [5, 5.41) is 4.42. The number of fused-ring (bicyclic) bond motifs is 1. The number of thiazole rings is 1. The van der Waals surface area contributed by atoms with Crippen molar-refractivity contribution in [1.82, 2.24) is 19.5 Å². The second-order valence-corrected chi connectivity index (χ2v) is 10.7. The normalized spacial score (nSPS) is 15.5. The van der Waals surface area contributed by atoms with E-state index in [9.17, 15) is 13.2 Å². The van der Waals surface area contributed by atoms with Gasteiger partial charge in [0.2, 0.25) is 0 Å². The number of aryl methyl sites for hydroxylation is 1. The molecular formula is C18H21N5O4S3. The molecule has 3 heterocycles. The van der Waals surface area contributed by atoms with Gasteiger partial charge in [-0.25, -0.2) is 13.4 Å². The number of anilines is 1. The molecule has 1 amide bonds. The number of aromatic nitrogens is 3. The Kier molecular flexibility index (Phi) is 6.11. The van der Waals surface area contributed by atoms with Crippen molar-refractivity contribution < 1.29 is 17.9 Å². The van der Waals surface area contributed by atoms with E-state index in [0.29, 0.717) is 47.5 Å². The van der Waals surface area contributed by atoms with Crippen molar-refractivity contribution in [2.75, 3.05) is 50.5 Å². The van der Waals surface area contributed by atoms with Crippen molar-refractivity contribution in [3.63, 3.8) is 0 Å². The number of ether oxygens (including phenoxy) is 1. The van der Waals surface area contributed by atoms with Gasteiger partial charge >= 0.3 is 0 Å². The van der Waals surface area contributed by atoms with Gasteiger partial charge in [0.15, 0.2) is 15.0 Å². The van der Waals surface area contributed by atoms with Crippen LogP contribution in [0.5, 0.6) is 0 Å². The quantitative estimate of drug-likeness (QED) is 0.541. The number of carbonyl (C=O) groups excluding carboxylic acids is 1. The Hall–Kier alpha value is -1.99. The number of benzene rings is 1. The maximum atomic E-state index is 13.3. The molecule has 0 unspecified atom stereocenters. The SMILES string of the molecule is Cc1nnsc1C(=O)N(CCN1CCOCC1)c1nc2c(S(C)(=O)=O)cccc2s1. The number of rotatable bonds is 6. The van der Waals surface area contributed by atoms with Gasteiger partial charge in [-0.15, -0.1) is 5.10 Å². The lowest BCUT2D eigenvalue weighted by atomic mass is 10.3. The molecule has 0 bridgehead atoms. The van der Waals surface area contributed by atoms with Crippen molar-refractivity contribution >= 4 is 54.0 Å². The van der Waals surface area contributed by atoms with Gasteiger partial charge < -0.3 is 4.74 Å². The van der Waals surface area contributed by atoms with E-state index in [0.717, 1.165) is 35.6 Å². The zero-order chi connectivity index (χ0) is 21.3. The highest BCUT2D eigenvalue weighted by molar-refractivity contribution is 7.91. The molecular weight excluding hydrogens is 446 g/mol. The average molecular weight is 468 g/mol. The number of sulfone groups is 1. The fraction of sp³-hybridized carbons (Fsp3) is 0.444. The molecule has 0 N–H and O–H groups in total. The summed E-state index contributed by atoms with van der Waals surface area (Å²) in [6.07, 6.45) is 1.16. The van der Waals surface area contributed by atoms with Gasteiger partial charge in [-0.05, 0) is 30.6 Å². The van der Waals surface area contributed by atoms with Crippen LogP contribution in [0.2, 0.25) is 0 Å². The fourth-order valence-corrected chi connectivity index (χ4v) is 5.75. The van der Waals surface area contributed by atoms with Crippen LogP contribution in [0.3, 0.4) is 0 Å². The Morgan fingerprint density at radius 2 is 2.07 bits per heavy atom. The van der Waals surface area contributed by atoms with Crippen LogP contribution in [-0.4, -0.2) is 79.4 Å². The van der Waals surface area contributed by atoms with Crippen molar-refractivity contribution in [3.05, 3.63) is 28.8 Å². The van der Waals surface area contributed by atoms with E-state index in [-0.39, 0.29) is 10.8 Å². The molecule has 1 aliphatic rings. The van der Waals surface area contributed by atoms with Gasteiger partial charge in [-0.2, -0.15) is 0 Å². The highest BCUT2D eigenvalue weighted by atomic mass is 32.2. The first kappa shape index (κ1) is 21.2. The summed E-state index contributed by atoms with van der Waals surface area (Å²) in [4.78, 5) is 22.4. The molecule has 9 nitrogen and oxygen atoms in total. The molecule has 30 heavy (non-hydrogen) atoms. The van der Waals surface area contributed by atoms with Crippen molar-refractivity contribution in [2.24, 2.45) is 0 Å². The lowest BCUT2D eigenvalue weighted by Gasteiger charge is -2.29. The molecule has 0 spiro atoms. The molecule has 160 valence electrons. The van der Waals surface area contributed by atoms with E-state index in [4.69, 9.17) is 4.74 Å². The van der Waals surface area contributed by atoms with Gasteiger partial charge in [0.1, 0.15) is 10.4 Å². The molecule has 0 radical (unpaired) electrons. The van der Waals surface area contributed by atoms with Crippen LogP contribution in [0.4, 0.5) is 5.13 Å². The number of para-hydroxylation sites is 1. The summed E-state index contributed by atoms with van der Waals surface area (Å²) >= 11 is 2.36. The predicted octanol–water partition coefficient (Wildman–Crippen LogP) is 1.84. The Labute approximate surface area is 182 Å². The minimum atomic E-state index is -3.44. The van der Waals surface area contributed by atoms with Gasteiger partial charge in [0.25, 0.3) is 5.91 Å². The minimum absolute atomic E-state index is 0.165. The van der Waals surface area contributed by atoms with Crippen LogP contribution in [0.15, 0.2) is 23.1 Å². The maximum Gasteiger partial charge on any atom is 0.273 e. The second kappa shape index (κ2) is 8.63. The number of carbonyl (C=O) groups is 1. The number of hydrogen-bond donors (Lipinski definition) is 0. The van der Waals surface area contributed by atoms with E-state index in [1.54, 1.807) is 17.9 Å². The molecule has 3 aromatic rings. The molecule has 0 atom stereocenters. The largest absolute Gasteiger partial charge is 0.379 e.